The summed E-state index contributed by atoms with van der Waals surface area (Å²) < 4.78 is 0. The van der Waals surface area contributed by atoms with E-state index in [1.807, 2.05) is 0 Å². The maximum atomic E-state index is 2.58. The predicted octanol–water partition coefficient (Wildman–Crippen LogP) is 3.84. The molecule has 3 rings (SSSR count). The highest BCUT2D eigenvalue weighted by molar-refractivity contribution is 5.35. The lowest BCUT2D eigenvalue weighted by molar-refractivity contribution is 0.102. The average Bonchev–Trinajstić information content (AvgIpc) is 2.54. The largest absolute Gasteiger partial charge is 0.0870 e. The zero-order chi connectivity index (χ0) is 8.94. The number of allylic oxidation sites excluding steroid dienone is 4. The van der Waals surface area contributed by atoms with Gasteiger partial charge in [-0.05, 0) is 38.0 Å². The molecule has 1 saturated carbocycles. The standard InChI is InChI=1S/C13H18/c1-11-9-12-5-2-3-6-13(12,10-11)8-4-7-12/h4,7,9H,2-3,5-6,8,10H2,1H3/t12-,13-/m1/s1. The van der Waals surface area contributed by atoms with E-state index in [-0.39, 0.29) is 0 Å². The van der Waals surface area contributed by atoms with Gasteiger partial charge < -0.3 is 0 Å². The van der Waals surface area contributed by atoms with Crippen LogP contribution in [0, 0.1) is 10.8 Å². The van der Waals surface area contributed by atoms with E-state index < -0.39 is 0 Å². The first-order chi connectivity index (χ1) is 6.27. The van der Waals surface area contributed by atoms with Crippen LogP contribution in [-0.2, 0) is 0 Å². The van der Waals surface area contributed by atoms with E-state index in [0.29, 0.717) is 10.8 Å². The lowest BCUT2D eigenvalue weighted by atomic mass is 9.59. The molecule has 1 fully saturated rings. The lowest BCUT2D eigenvalue weighted by Gasteiger charge is -2.44. The maximum absolute atomic E-state index is 2.58. The molecule has 0 unspecified atom stereocenters. The Balaban J connectivity index is 2.09. The SMILES string of the molecule is CC1=C[C@@]23C=CC[C@]2(CCCC3)C1. The Labute approximate surface area is 80.7 Å². The van der Waals surface area contributed by atoms with Gasteiger partial charge in [-0.25, -0.2) is 0 Å². The van der Waals surface area contributed by atoms with Crippen molar-refractivity contribution >= 4 is 0 Å². The Bertz CT molecular complexity index is 297. The fraction of sp³-hybridized carbons (Fsp3) is 0.692. The normalized spacial score (nSPS) is 47.3. The Kier molecular flexibility index (Phi) is 1.38. The lowest BCUT2D eigenvalue weighted by Crippen LogP contribution is -2.35. The summed E-state index contributed by atoms with van der Waals surface area (Å²) in [4.78, 5) is 0. The molecule has 0 saturated heterocycles. The number of hydrogen-bond donors (Lipinski definition) is 0. The van der Waals surface area contributed by atoms with Gasteiger partial charge in [0.1, 0.15) is 0 Å². The minimum absolute atomic E-state index is 0.509. The first-order valence-corrected chi connectivity index (χ1v) is 5.63. The molecule has 0 bridgehead atoms. The second kappa shape index (κ2) is 2.29. The third-order valence-electron chi connectivity index (χ3n) is 4.53. The van der Waals surface area contributed by atoms with Gasteiger partial charge in [0.15, 0.2) is 0 Å². The van der Waals surface area contributed by atoms with Crippen LogP contribution in [0.1, 0.15) is 45.4 Å². The van der Waals surface area contributed by atoms with Crippen LogP contribution in [0.3, 0.4) is 0 Å². The first-order valence-electron chi connectivity index (χ1n) is 5.63. The monoisotopic (exact) mass is 174 g/mol. The first kappa shape index (κ1) is 7.84. The Morgan fingerprint density at radius 1 is 1.23 bits per heavy atom. The molecular weight excluding hydrogens is 156 g/mol. The maximum Gasteiger partial charge on any atom is 0.0126 e. The smallest absolute Gasteiger partial charge is 0.0126 e. The predicted molar refractivity (Wildman–Crippen MR) is 55.5 cm³/mol. The Morgan fingerprint density at radius 2 is 2.08 bits per heavy atom. The quantitative estimate of drug-likeness (QED) is 0.489. The van der Waals surface area contributed by atoms with Crippen LogP contribution in [0.5, 0.6) is 0 Å². The number of rotatable bonds is 0. The van der Waals surface area contributed by atoms with Crippen molar-refractivity contribution in [3.63, 3.8) is 0 Å². The van der Waals surface area contributed by atoms with E-state index in [2.05, 4.69) is 25.2 Å². The summed E-state index contributed by atoms with van der Waals surface area (Å²) in [5.74, 6) is 0. The molecule has 70 valence electrons. The summed E-state index contributed by atoms with van der Waals surface area (Å²) in [6, 6.07) is 0. The molecule has 2 atom stereocenters. The molecule has 0 N–H and O–H groups in total. The highest BCUT2D eigenvalue weighted by Crippen LogP contribution is 2.64. The van der Waals surface area contributed by atoms with Gasteiger partial charge in [-0.3, -0.25) is 0 Å². The fourth-order valence-electron chi connectivity index (χ4n) is 4.05. The van der Waals surface area contributed by atoms with Gasteiger partial charge >= 0.3 is 0 Å². The van der Waals surface area contributed by atoms with Gasteiger partial charge in [0, 0.05) is 5.41 Å². The molecule has 3 aliphatic rings. The molecular formula is C13H18. The molecule has 0 heteroatoms. The summed E-state index contributed by atoms with van der Waals surface area (Å²) in [5, 5.41) is 0. The van der Waals surface area contributed by atoms with Gasteiger partial charge in [0.05, 0.1) is 0 Å². The van der Waals surface area contributed by atoms with Gasteiger partial charge in [-0.1, -0.05) is 36.6 Å². The van der Waals surface area contributed by atoms with E-state index >= 15 is 0 Å². The summed E-state index contributed by atoms with van der Waals surface area (Å²) in [6.07, 6.45) is 16.0. The van der Waals surface area contributed by atoms with Crippen LogP contribution < -0.4 is 0 Å². The molecule has 0 aromatic carbocycles. The van der Waals surface area contributed by atoms with E-state index in [4.69, 9.17) is 0 Å². The van der Waals surface area contributed by atoms with Crippen molar-refractivity contribution < 1.29 is 0 Å². The molecule has 0 aromatic heterocycles. The van der Waals surface area contributed by atoms with Crippen molar-refractivity contribution in [2.45, 2.75) is 45.4 Å². The van der Waals surface area contributed by atoms with Crippen LogP contribution in [0.2, 0.25) is 0 Å². The molecule has 0 amide bonds. The summed E-state index contributed by atoms with van der Waals surface area (Å²) in [6.45, 7) is 2.32. The fourth-order valence-corrected chi connectivity index (χ4v) is 4.05. The van der Waals surface area contributed by atoms with Crippen LogP contribution >= 0.6 is 0 Å². The summed E-state index contributed by atoms with van der Waals surface area (Å²) >= 11 is 0. The van der Waals surface area contributed by atoms with Crippen molar-refractivity contribution in [2.24, 2.45) is 10.8 Å². The van der Waals surface area contributed by atoms with Crippen LogP contribution in [-0.4, -0.2) is 0 Å². The minimum Gasteiger partial charge on any atom is -0.0870 e. The third kappa shape index (κ3) is 0.820. The zero-order valence-corrected chi connectivity index (χ0v) is 8.47. The highest BCUT2D eigenvalue weighted by atomic mass is 14.6. The molecule has 0 nitrogen and oxygen atoms in total. The average molecular weight is 174 g/mol. The van der Waals surface area contributed by atoms with Crippen molar-refractivity contribution in [3.05, 3.63) is 23.8 Å². The summed E-state index contributed by atoms with van der Waals surface area (Å²) in [5.41, 5.74) is 2.80. The van der Waals surface area contributed by atoms with Crippen molar-refractivity contribution in [1.29, 1.82) is 0 Å². The van der Waals surface area contributed by atoms with Gasteiger partial charge in [0.25, 0.3) is 0 Å². The molecule has 0 radical (unpaired) electrons. The van der Waals surface area contributed by atoms with E-state index in [9.17, 15) is 0 Å². The molecule has 13 heavy (non-hydrogen) atoms. The van der Waals surface area contributed by atoms with E-state index in [0.717, 1.165) is 0 Å². The van der Waals surface area contributed by atoms with Gasteiger partial charge in [-0.2, -0.15) is 0 Å². The minimum atomic E-state index is 0.509. The van der Waals surface area contributed by atoms with Crippen molar-refractivity contribution in [3.8, 4) is 0 Å². The van der Waals surface area contributed by atoms with E-state index in [1.54, 1.807) is 5.57 Å². The van der Waals surface area contributed by atoms with Gasteiger partial charge in [0.2, 0.25) is 0 Å². The Hall–Kier alpha value is -0.520. The molecule has 0 heterocycles. The second-order valence-corrected chi connectivity index (χ2v) is 5.30. The number of hydrogen-bond acceptors (Lipinski definition) is 0. The zero-order valence-electron chi connectivity index (χ0n) is 8.47. The Morgan fingerprint density at radius 3 is 2.92 bits per heavy atom. The van der Waals surface area contributed by atoms with Crippen LogP contribution in [0.25, 0.3) is 0 Å². The third-order valence-corrected chi connectivity index (χ3v) is 4.53. The van der Waals surface area contributed by atoms with Crippen LogP contribution in [0.15, 0.2) is 23.8 Å². The molecule has 0 aromatic rings. The van der Waals surface area contributed by atoms with Crippen molar-refractivity contribution in [2.75, 3.05) is 0 Å². The molecule has 0 spiro atoms. The van der Waals surface area contributed by atoms with E-state index in [1.165, 1.54) is 38.5 Å². The topological polar surface area (TPSA) is 0 Å². The van der Waals surface area contributed by atoms with Crippen LogP contribution in [0.4, 0.5) is 0 Å². The van der Waals surface area contributed by atoms with Crippen molar-refractivity contribution in [1.82, 2.24) is 0 Å². The molecule has 0 aliphatic heterocycles. The second-order valence-electron chi connectivity index (χ2n) is 5.30. The highest BCUT2D eigenvalue weighted by Gasteiger charge is 2.54. The summed E-state index contributed by atoms with van der Waals surface area (Å²) in [7, 11) is 0. The molecule has 3 aliphatic carbocycles. The van der Waals surface area contributed by atoms with Gasteiger partial charge in [-0.15, -0.1) is 0 Å².